The Bertz CT molecular complexity index is 863. The van der Waals surface area contributed by atoms with E-state index in [4.69, 9.17) is 23.7 Å². The lowest BCUT2D eigenvalue weighted by Crippen LogP contribution is -2.44. The SMILES string of the molecule is COC(=O)C(OC(=O)CC(C(=O)OCC(C)O)C(CC(=O)OC(C)C)C(=O)OCC(C)O)C(C(=O)OC)C(C)C. The molecular formula is C26H42O14. The number of hydrogen-bond acceptors (Lipinski definition) is 14. The summed E-state index contributed by atoms with van der Waals surface area (Å²) >= 11 is 0. The van der Waals surface area contributed by atoms with E-state index in [0.717, 1.165) is 14.2 Å². The molecule has 0 amide bonds. The Balaban J connectivity index is 6.38. The summed E-state index contributed by atoms with van der Waals surface area (Å²) in [5.41, 5.74) is 0. The van der Waals surface area contributed by atoms with E-state index >= 15 is 0 Å². The van der Waals surface area contributed by atoms with E-state index in [1.807, 2.05) is 0 Å². The van der Waals surface area contributed by atoms with Crippen molar-refractivity contribution in [1.82, 2.24) is 0 Å². The number of carbonyl (C=O) groups excluding carboxylic acids is 6. The summed E-state index contributed by atoms with van der Waals surface area (Å²) in [5, 5.41) is 19.1. The second kappa shape index (κ2) is 18.2. The Hall–Kier alpha value is -3.26. The highest BCUT2D eigenvalue weighted by atomic mass is 16.6. The summed E-state index contributed by atoms with van der Waals surface area (Å²) in [6.07, 6.45) is -6.12. The molecule has 0 aromatic heterocycles. The third kappa shape index (κ3) is 13.2. The molecular weight excluding hydrogens is 536 g/mol. The van der Waals surface area contributed by atoms with Crippen molar-refractivity contribution in [3.05, 3.63) is 0 Å². The van der Waals surface area contributed by atoms with Crippen molar-refractivity contribution >= 4 is 35.8 Å². The maximum Gasteiger partial charge on any atom is 0.348 e. The summed E-state index contributed by atoms with van der Waals surface area (Å²) in [5.74, 6) is -11.5. The van der Waals surface area contributed by atoms with Crippen LogP contribution in [0, 0.1) is 23.7 Å². The molecule has 14 nitrogen and oxygen atoms in total. The zero-order valence-corrected chi connectivity index (χ0v) is 24.2. The number of aliphatic hydroxyl groups is 2. The first-order valence-corrected chi connectivity index (χ1v) is 12.8. The third-order valence-corrected chi connectivity index (χ3v) is 5.37. The minimum Gasteiger partial charge on any atom is -0.469 e. The highest BCUT2D eigenvalue weighted by Crippen LogP contribution is 2.27. The molecule has 6 unspecified atom stereocenters. The number of hydrogen-bond donors (Lipinski definition) is 2. The van der Waals surface area contributed by atoms with Gasteiger partial charge in [0, 0.05) is 0 Å². The molecule has 0 rings (SSSR count). The second-order valence-electron chi connectivity index (χ2n) is 9.84. The van der Waals surface area contributed by atoms with Crippen molar-refractivity contribution in [2.75, 3.05) is 27.4 Å². The summed E-state index contributed by atoms with van der Waals surface area (Å²) in [7, 11) is 2.10. The van der Waals surface area contributed by atoms with E-state index in [2.05, 4.69) is 4.74 Å². The number of methoxy groups -OCH3 is 2. The van der Waals surface area contributed by atoms with Gasteiger partial charge in [0.2, 0.25) is 6.10 Å². The van der Waals surface area contributed by atoms with Crippen LogP contribution in [-0.2, 0) is 57.2 Å². The third-order valence-electron chi connectivity index (χ3n) is 5.37. The van der Waals surface area contributed by atoms with Gasteiger partial charge < -0.3 is 38.6 Å². The molecule has 0 saturated heterocycles. The maximum atomic E-state index is 13.1. The molecule has 230 valence electrons. The van der Waals surface area contributed by atoms with Gasteiger partial charge >= 0.3 is 35.8 Å². The van der Waals surface area contributed by atoms with Crippen LogP contribution in [0.5, 0.6) is 0 Å². The number of carbonyl (C=O) groups is 6. The molecule has 0 aliphatic carbocycles. The van der Waals surface area contributed by atoms with E-state index < -0.39 is 110 Å². The fourth-order valence-corrected chi connectivity index (χ4v) is 3.52. The van der Waals surface area contributed by atoms with Crippen molar-refractivity contribution in [1.29, 1.82) is 0 Å². The molecule has 40 heavy (non-hydrogen) atoms. The predicted octanol–water partition coefficient (Wildman–Crippen LogP) is 0.329. The van der Waals surface area contributed by atoms with Crippen LogP contribution in [0.3, 0.4) is 0 Å². The van der Waals surface area contributed by atoms with Gasteiger partial charge in [-0.25, -0.2) is 4.79 Å². The van der Waals surface area contributed by atoms with E-state index in [9.17, 15) is 39.0 Å². The minimum absolute atomic E-state index is 0.478. The van der Waals surface area contributed by atoms with Gasteiger partial charge in [0.25, 0.3) is 0 Å². The molecule has 0 aliphatic heterocycles. The van der Waals surface area contributed by atoms with Gasteiger partial charge in [0.05, 0.1) is 57.2 Å². The van der Waals surface area contributed by atoms with Crippen LogP contribution in [-0.4, -0.2) is 97.9 Å². The first kappa shape index (κ1) is 36.7. The van der Waals surface area contributed by atoms with Crippen LogP contribution in [0.1, 0.15) is 54.4 Å². The minimum atomic E-state index is -1.76. The van der Waals surface area contributed by atoms with Crippen molar-refractivity contribution in [2.45, 2.75) is 78.8 Å². The molecule has 0 saturated carbocycles. The fraction of sp³-hybridized carbons (Fsp3) is 0.769. The maximum absolute atomic E-state index is 13.1. The molecule has 0 fully saturated rings. The Morgan fingerprint density at radius 3 is 1.32 bits per heavy atom. The largest absolute Gasteiger partial charge is 0.469 e. The van der Waals surface area contributed by atoms with E-state index in [1.165, 1.54) is 13.8 Å². The fourth-order valence-electron chi connectivity index (χ4n) is 3.52. The van der Waals surface area contributed by atoms with Crippen molar-refractivity contribution in [2.24, 2.45) is 23.7 Å². The van der Waals surface area contributed by atoms with Gasteiger partial charge in [-0.05, 0) is 33.6 Å². The molecule has 0 spiro atoms. The topological polar surface area (TPSA) is 198 Å². The lowest BCUT2D eigenvalue weighted by atomic mass is 9.86. The quantitative estimate of drug-likeness (QED) is 0.177. The summed E-state index contributed by atoms with van der Waals surface area (Å²) in [6.45, 7) is 7.96. The number of ether oxygens (including phenoxy) is 6. The molecule has 0 heterocycles. The van der Waals surface area contributed by atoms with Gasteiger partial charge in [-0.3, -0.25) is 24.0 Å². The molecule has 2 N–H and O–H groups in total. The molecule has 0 aliphatic rings. The molecule has 0 aromatic rings. The zero-order chi connectivity index (χ0) is 31.2. The van der Waals surface area contributed by atoms with Gasteiger partial charge in [0.1, 0.15) is 19.1 Å². The van der Waals surface area contributed by atoms with Crippen molar-refractivity contribution in [3.8, 4) is 0 Å². The molecule has 6 atom stereocenters. The van der Waals surface area contributed by atoms with Crippen LogP contribution >= 0.6 is 0 Å². The highest BCUT2D eigenvalue weighted by Gasteiger charge is 2.44. The predicted molar refractivity (Wildman–Crippen MR) is 135 cm³/mol. The zero-order valence-electron chi connectivity index (χ0n) is 24.2. The molecule has 0 radical (unpaired) electrons. The second-order valence-corrected chi connectivity index (χ2v) is 9.84. The van der Waals surface area contributed by atoms with Gasteiger partial charge in [-0.1, -0.05) is 13.8 Å². The highest BCUT2D eigenvalue weighted by molar-refractivity contribution is 5.90. The van der Waals surface area contributed by atoms with Crippen LogP contribution in [0.25, 0.3) is 0 Å². The monoisotopic (exact) mass is 578 g/mol. The summed E-state index contributed by atoms with van der Waals surface area (Å²) < 4.78 is 29.8. The van der Waals surface area contributed by atoms with Gasteiger partial charge in [0.15, 0.2) is 0 Å². The Morgan fingerprint density at radius 2 is 1.00 bits per heavy atom. The first-order valence-electron chi connectivity index (χ1n) is 12.8. The van der Waals surface area contributed by atoms with E-state index in [0.29, 0.717) is 0 Å². The lowest BCUT2D eigenvalue weighted by molar-refractivity contribution is -0.180. The molecule has 0 bridgehead atoms. The van der Waals surface area contributed by atoms with Crippen LogP contribution in [0.2, 0.25) is 0 Å². The number of rotatable bonds is 17. The summed E-state index contributed by atoms with van der Waals surface area (Å²) in [4.78, 5) is 76.3. The van der Waals surface area contributed by atoms with Gasteiger partial charge in [-0.15, -0.1) is 0 Å². The number of esters is 6. The Morgan fingerprint density at radius 1 is 0.600 bits per heavy atom. The van der Waals surface area contributed by atoms with E-state index in [-0.39, 0.29) is 0 Å². The van der Waals surface area contributed by atoms with Crippen molar-refractivity contribution in [3.63, 3.8) is 0 Å². The standard InChI is InChI=1S/C26H42O14/c1-13(2)21(25(33)35-7)22(26(34)36-8)40-20(30)10-18(24(32)38-12-16(6)28)17(9-19(29)39-14(3)4)23(31)37-11-15(5)27/h13-18,21-22,27-28H,9-12H2,1-8H3. The molecule has 0 aromatic carbocycles. The Labute approximate surface area is 233 Å². The number of aliphatic hydroxyl groups excluding tert-OH is 2. The molecule has 14 heteroatoms. The van der Waals surface area contributed by atoms with Gasteiger partial charge in [-0.2, -0.15) is 0 Å². The van der Waals surface area contributed by atoms with Crippen LogP contribution in [0.4, 0.5) is 0 Å². The average Bonchev–Trinajstić information content (AvgIpc) is 2.85. The van der Waals surface area contributed by atoms with Crippen LogP contribution < -0.4 is 0 Å². The van der Waals surface area contributed by atoms with Crippen LogP contribution in [0.15, 0.2) is 0 Å². The summed E-state index contributed by atoms with van der Waals surface area (Å²) in [6, 6.07) is 0. The van der Waals surface area contributed by atoms with Crippen molar-refractivity contribution < 1.29 is 67.4 Å². The Kier molecular flexibility index (Phi) is 16.7. The van der Waals surface area contributed by atoms with E-state index in [1.54, 1.807) is 27.7 Å². The lowest BCUT2D eigenvalue weighted by Gasteiger charge is -2.27. The average molecular weight is 579 g/mol. The smallest absolute Gasteiger partial charge is 0.348 e. The normalized spacial score (nSPS) is 15.6. The first-order chi connectivity index (χ1) is 18.5.